The number of hydrogen-bond donors (Lipinski definition) is 2. The van der Waals surface area contributed by atoms with E-state index >= 15 is 0 Å². The van der Waals surface area contributed by atoms with Crippen LogP contribution in [0.2, 0.25) is 0 Å². The molecule has 0 unspecified atom stereocenters. The molecule has 23 heavy (non-hydrogen) atoms. The lowest BCUT2D eigenvalue weighted by molar-refractivity contribution is 0.102. The Morgan fingerprint density at radius 3 is 2.57 bits per heavy atom. The third kappa shape index (κ3) is 5.63. The molecule has 1 aromatic heterocycles. The van der Waals surface area contributed by atoms with Crippen LogP contribution in [0.3, 0.4) is 0 Å². The number of nitrogens with one attached hydrogen (secondary N) is 2. The average Bonchev–Trinajstić information content (AvgIpc) is 2.53. The molecule has 1 heterocycles. The first-order valence-electron chi connectivity index (χ1n) is 7.34. The van der Waals surface area contributed by atoms with Crippen LogP contribution in [0.15, 0.2) is 36.4 Å². The smallest absolute Gasteiger partial charge is 0.256 e. The summed E-state index contributed by atoms with van der Waals surface area (Å²) in [5.41, 5.74) is 0.234. The molecule has 7 heteroatoms. The molecule has 1 amide bonds. The van der Waals surface area contributed by atoms with Gasteiger partial charge in [-0.1, -0.05) is 6.07 Å². The summed E-state index contributed by atoms with van der Waals surface area (Å²) in [7, 11) is 4.05. The van der Waals surface area contributed by atoms with Crippen LogP contribution in [-0.2, 0) is 0 Å². The normalized spacial score (nSPS) is 10.6. The molecule has 0 aliphatic rings. The number of aromatic nitrogens is 2. The second-order valence-corrected chi connectivity index (χ2v) is 5.35. The number of rotatable bonds is 7. The number of carbonyl (C=O) groups is 1. The van der Waals surface area contributed by atoms with Crippen molar-refractivity contribution in [3.8, 4) is 0 Å². The Hall–Kier alpha value is -2.54. The molecule has 1 aromatic carbocycles. The zero-order chi connectivity index (χ0) is 16.7. The molecular weight excluding hydrogens is 297 g/mol. The highest BCUT2D eigenvalue weighted by Crippen LogP contribution is 2.09. The van der Waals surface area contributed by atoms with Crippen LogP contribution in [0.1, 0.15) is 16.8 Å². The summed E-state index contributed by atoms with van der Waals surface area (Å²) in [6.45, 7) is 1.78. The fraction of sp³-hybridized carbons (Fsp3) is 0.312. The van der Waals surface area contributed by atoms with Crippen molar-refractivity contribution >= 4 is 17.5 Å². The molecule has 2 rings (SSSR count). The second kappa shape index (κ2) is 8.19. The molecule has 6 nitrogen and oxygen atoms in total. The van der Waals surface area contributed by atoms with Crippen molar-refractivity contribution in [1.82, 2.24) is 15.1 Å². The Bertz CT molecular complexity index is 645. The van der Waals surface area contributed by atoms with Crippen LogP contribution < -0.4 is 10.6 Å². The summed E-state index contributed by atoms with van der Waals surface area (Å²) in [6.07, 6.45) is 0.993. The van der Waals surface area contributed by atoms with Crippen LogP contribution >= 0.6 is 0 Å². The second-order valence-electron chi connectivity index (χ2n) is 5.35. The van der Waals surface area contributed by atoms with Gasteiger partial charge in [-0.2, -0.15) is 0 Å². The Labute approximate surface area is 134 Å². The van der Waals surface area contributed by atoms with Gasteiger partial charge in [-0.3, -0.25) is 4.79 Å². The topological polar surface area (TPSA) is 70.2 Å². The summed E-state index contributed by atoms with van der Waals surface area (Å²) in [4.78, 5) is 14.1. The minimum Gasteiger partial charge on any atom is -0.369 e. The van der Waals surface area contributed by atoms with Gasteiger partial charge < -0.3 is 15.5 Å². The first-order valence-corrected chi connectivity index (χ1v) is 7.34. The highest BCUT2D eigenvalue weighted by Gasteiger charge is 2.08. The van der Waals surface area contributed by atoms with Crippen LogP contribution in [0, 0.1) is 5.82 Å². The highest BCUT2D eigenvalue weighted by atomic mass is 19.1. The van der Waals surface area contributed by atoms with Crippen molar-refractivity contribution in [3.63, 3.8) is 0 Å². The maximum absolute atomic E-state index is 13.1. The highest BCUT2D eigenvalue weighted by molar-refractivity contribution is 6.03. The molecular formula is C16H20FN5O. The van der Waals surface area contributed by atoms with E-state index in [-0.39, 0.29) is 5.56 Å². The molecule has 0 aliphatic heterocycles. The van der Waals surface area contributed by atoms with Gasteiger partial charge >= 0.3 is 0 Å². The predicted octanol–water partition coefficient (Wildman–Crippen LogP) is 2.23. The largest absolute Gasteiger partial charge is 0.369 e. The fourth-order valence-electron chi connectivity index (χ4n) is 1.92. The summed E-state index contributed by atoms with van der Waals surface area (Å²) >= 11 is 0. The number of halogens is 1. The zero-order valence-corrected chi connectivity index (χ0v) is 13.2. The van der Waals surface area contributed by atoms with Gasteiger partial charge in [0.2, 0.25) is 0 Å². The van der Waals surface area contributed by atoms with Gasteiger partial charge in [0.05, 0.1) is 0 Å². The number of benzene rings is 1. The van der Waals surface area contributed by atoms with Gasteiger partial charge in [-0.25, -0.2) is 4.39 Å². The number of amides is 1. The van der Waals surface area contributed by atoms with Gasteiger partial charge in [-0.15, -0.1) is 10.2 Å². The van der Waals surface area contributed by atoms with E-state index in [0.717, 1.165) is 19.5 Å². The maximum Gasteiger partial charge on any atom is 0.256 e. The summed E-state index contributed by atoms with van der Waals surface area (Å²) in [5.74, 6) is 0.0807. The third-order valence-corrected chi connectivity index (χ3v) is 3.08. The molecule has 0 saturated carbocycles. The first-order chi connectivity index (χ1) is 11.0. The minimum atomic E-state index is -0.457. The number of nitrogens with zero attached hydrogens (tertiary/aromatic N) is 3. The lowest BCUT2D eigenvalue weighted by atomic mass is 10.2. The van der Waals surface area contributed by atoms with E-state index in [9.17, 15) is 9.18 Å². The molecule has 2 N–H and O–H groups in total. The van der Waals surface area contributed by atoms with Crippen molar-refractivity contribution in [3.05, 3.63) is 47.8 Å². The van der Waals surface area contributed by atoms with E-state index in [1.54, 1.807) is 12.1 Å². The van der Waals surface area contributed by atoms with Crippen molar-refractivity contribution < 1.29 is 9.18 Å². The fourth-order valence-corrected chi connectivity index (χ4v) is 1.92. The van der Waals surface area contributed by atoms with Crippen LogP contribution in [-0.4, -0.2) is 48.2 Å². The maximum atomic E-state index is 13.1. The van der Waals surface area contributed by atoms with Crippen LogP contribution in [0.5, 0.6) is 0 Å². The Kier molecular flexibility index (Phi) is 5.99. The molecule has 0 aliphatic carbocycles. The molecule has 122 valence electrons. The molecule has 0 atom stereocenters. The van der Waals surface area contributed by atoms with Gasteiger partial charge in [0.15, 0.2) is 5.82 Å². The molecule has 0 radical (unpaired) electrons. The first kappa shape index (κ1) is 16.8. The van der Waals surface area contributed by atoms with E-state index in [4.69, 9.17) is 0 Å². The molecule has 0 saturated heterocycles. The molecule has 0 spiro atoms. The number of carbonyl (C=O) groups excluding carboxylic acids is 1. The number of hydrogen-bond acceptors (Lipinski definition) is 5. The SMILES string of the molecule is CN(C)CCCNc1ccc(NC(=O)c2cccc(F)c2)nn1. The third-order valence-electron chi connectivity index (χ3n) is 3.08. The monoisotopic (exact) mass is 317 g/mol. The molecule has 2 aromatic rings. The zero-order valence-electron chi connectivity index (χ0n) is 13.2. The summed E-state index contributed by atoms with van der Waals surface area (Å²) < 4.78 is 13.1. The van der Waals surface area contributed by atoms with E-state index in [2.05, 4.69) is 25.7 Å². The molecule has 0 bridgehead atoms. The van der Waals surface area contributed by atoms with Gasteiger partial charge in [0.1, 0.15) is 11.6 Å². The Morgan fingerprint density at radius 1 is 1.17 bits per heavy atom. The summed E-state index contributed by atoms with van der Waals surface area (Å²) in [5, 5.41) is 13.7. The average molecular weight is 317 g/mol. The quantitative estimate of drug-likeness (QED) is 0.766. The van der Waals surface area contributed by atoms with E-state index < -0.39 is 11.7 Å². The van der Waals surface area contributed by atoms with Gasteiger partial charge in [0.25, 0.3) is 5.91 Å². The van der Waals surface area contributed by atoms with E-state index in [1.807, 2.05) is 14.1 Å². The van der Waals surface area contributed by atoms with Gasteiger partial charge in [-0.05, 0) is 57.4 Å². The standard InChI is InChI=1S/C16H20FN5O/c1-22(2)10-4-9-18-14-7-8-15(21-20-14)19-16(23)12-5-3-6-13(17)11-12/h3,5-8,11H,4,9-10H2,1-2H3,(H,18,20)(H,19,21,23). The van der Waals surface area contributed by atoms with E-state index in [0.29, 0.717) is 11.6 Å². The summed E-state index contributed by atoms with van der Waals surface area (Å²) in [6, 6.07) is 8.86. The lowest BCUT2D eigenvalue weighted by Gasteiger charge is -2.10. The van der Waals surface area contributed by atoms with Crippen molar-refractivity contribution in [2.24, 2.45) is 0 Å². The van der Waals surface area contributed by atoms with E-state index in [1.165, 1.54) is 24.3 Å². The van der Waals surface area contributed by atoms with Gasteiger partial charge in [0, 0.05) is 12.1 Å². The minimum absolute atomic E-state index is 0.234. The Morgan fingerprint density at radius 2 is 1.91 bits per heavy atom. The number of anilines is 2. The van der Waals surface area contributed by atoms with Crippen LogP contribution in [0.25, 0.3) is 0 Å². The van der Waals surface area contributed by atoms with Crippen LogP contribution in [0.4, 0.5) is 16.0 Å². The van der Waals surface area contributed by atoms with Crippen molar-refractivity contribution in [1.29, 1.82) is 0 Å². The predicted molar refractivity (Wildman–Crippen MR) is 88.0 cm³/mol. The molecule has 0 fully saturated rings. The van der Waals surface area contributed by atoms with Crippen molar-refractivity contribution in [2.45, 2.75) is 6.42 Å². The van der Waals surface area contributed by atoms with Crippen molar-refractivity contribution in [2.75, 3.05) is 37.8 Å². The Balaban J connectivity index is 1.86. The lowest BCUT2D eigenvalue weighted by Crippen LogP contribution is -2.17.